The SMILES string of the molecule is Cc1cc(C(=O)NC2CCN(C(=O)COc3ccc(Cl)cc3Cl)CC2)no1. The van der Waals surface area contributed by atoms with E-state index in [1.54, 1.807) is 36.1 Å². The van der Waals surface area contributed by atoms with Gasteiger partial charge in [-0.3, -0.25) is 9.59 Å². The zero-order chi connectivity index (χ0) is 19.4. The molecule has 0 spiro atoms. The molecule has 0 bridgehead atoms. The van der Waals surface area contributed by atoms with Crippen LogP contribution in [-0.4, -0.2) is 47.6 Å². The second-order valence-corrected chi connectivity index (χ2v) is 7.16. The molecule has 144 valence electrons. The van der Waals surface area contributed by atoms with E-state index in [1.165, 1.54) is 0 Å². The van der Waals surface area contributed by atoms with E-state index in [-0.39, 0.29) is 30.2 Å². The molecular formula is C18H19Cl2N3O4. The number of rotatable bonds is 5. The lowest BCUT2D eigenvalue weighted by Crippen LogP contribution is -2.47. The number of aryl methyl sites for hydroxylation is 1. The Balaban J connectivity index is 1.44. The van der Waals surface area contributed by atoms with Crippen LogP contribution in [0.1, 0.15) is 29.1 Å². The molecule has 1 aromatic heterocycles. The highest BCUT2D eigenvalue weighted by atomic mass is 35.5. The molecule has 2 aromatic rings. The van der Waals surface area contributed by atoms with E-state index >= 15 is 0 Å². The van der Waals surface area contributed by atoms with Crippen molar-refractivity contribution in [3.8, 4) is 5.75 Å². The Labute approximate surface area is 166 Å². The summed E-state index contributed by atoms with van der Waals surface area (Å²) in [5.74, 6) is 0.607. The lowest BCUT2D eigenvalue weighted by atomic mass is 10.0. The van der Waals surface area contributed by atoms with E-state index in [0.29, 0.717) is 47.5 Å². The van der Waals surface area contributed by atoms with Crippen LogP contribution in [0.3, 0.4) is 0 Å². The molecule has 2 amide bonds. The Morgan fingerprint density at radius 1 is 1.30 bits per heavy atom. The minimum Gasteiger partial charge on any atom is -0.482 e. The molecule has 2 heterocycles. The number of hydrogen-bond acceptors (Lipinski definition) is 5. The summed E-state index contributed by atoms with van der Waals surface area (Å²) < 4.78 is 10.4. The highest BCUT2D eigenvalue weighted by Gasteiger charge is 2.25. The third kappa shape index (κ3) is 5.14. The van der Waals surface area contributed by atoms with Crippen molar-refractivity contribution in [1.29, 1.82) is 0 Å². The standard InChI is InChI=1S/C18H19Cl2N3O4/c1-11-8-15(22-27-11)18(25)21-13-4-6-23(7-5-13)17(24)10-26-16-3-2-12(19)9-14(16)20/h2-3,8-9,13H,4-7,10H2,1H3,(H,21,25). The van der Waals surface area contributed by atoms with Crippen LogP contribution in [-0.2, 0) is 4.79 Å². The van der Waals surface area contributed by atoms with Gasteiger partial charge in [0.05, 0.1) is 5.02 Å². The van der Waals surface area contributed by atoms with Crippen molar-refractivity contribution in [3.63, 3.8) is 0 Å². The second kappa shape index (κ2) is 8.63. The number of benzene rings is 1. The average Bonchev–Trinajstić information content (AvgIpc) is 3.08. The minimum absolute atomic E-state index is 0.00909. The van der Waals surface area contributed by atoms with Gasteiger partial charge < -0.3 is 19.5 Å². The molecule has 3 rings (SSSR count). The fourth-order valence-corrected chi connectivity index (χ4v) is 3.29. The van der Waals surface area contributed by atoms with Crippen LogP contribution in [0.4, 0.5) is 0 Å². The van der Waals surface area contributed by atoms with Gasteiger partial charge in [0.1, 0.15) is 11.5 Å². The Bertz CT molecular complexity index is 832. The zero-order valence-corrected chi connectivity index (χ0v) is 16.2. The van der Waals surface area contributed by atoms with Gasteiger partial charge in [-0.05, 0) is 38.0 Å². The Kier molecular flexibility index (Phi) is 6.23. The minimum atomic E-state index is -0.266. The van der Waals surface area contributed by atoms with E-state index in [9.17, 15) is 9.59 Å². The molecule has 0 unspecified atom stereocenters. The summed E-state index contributed by atoms with van der Waals surface area (Å²) in [6.45, 7) is 2.71. The number of carbonyl (C=O) groups excluding carboxylic acids is 2. The Morgan fingerprint density at radius 3 is 2.67 bits per heavy atom. The zero-order valence-electron chi connectivity index (χ0n) is 14.7. The molecule has 0 saturated carbocycles. The smallest absolute Gasteiger partial charge is 0.273 e. The molecular weight excluding hydrogens is 393 g/mol. The summed E-state index contributed by atoms with van der Waals surface area (Å²) in [7, 11) is 0. The lowest BCUT2D eigenvalue weighted by Gasteiger charge is -2.32. The Morgan fingerprint density at radius 2 is 2.04 bits per heavy atom. The van der Waals surface area contributed by atoms with Crippen molar-refractivity contribution < 1.29 is 18.8 Å². The van der Waals surface area contributed by atoms with Crippen LogP contribution in [0, 0.1) is 6.92 Å². The van der Waals surface area contributed by atoms with E-state index in [2.05, 4.69) is 10.5 Å². The van der Waals surface area contributed by atoms with Gasteiger partial charge in [0, 0.05) is 30.2 Å². The van der Waals surface area contributed by atoms with Crippen molar-refractivity contribution in [2.45, 2.75) is 25.8 Å². The molecule has 0 atom stereocenters. The van der Waals surface area contributed by atoms with E-state index in [1.807, 2.05) is 0 Å². The fraction of sp³-hybridized carbons (Fsp3) is 0.389. The number of nitrogens with zero attached hydrogens (tertiary/aromatic N) is 2. The summed E-state index contributed by atoms with van der Waals surface area (Å²) in [5.41, 5.74) is 0.263. The number of halogens is 2. The largest absolute Gasteiger partial charge is 0.482 e. The van der Waals surface area contributed by atoms with Gasteiger partial charge >= 0.3 is 0 Å². The van der Waals surface area contributed by atoms with Gasteiger partial charge in [0.15, 0.2) is 12.3 Å². The predicted molar refractivity (Wildman–Crippen MR) is 100 cm³/mol. The van der Waals surface area contributed by atoms with Gasteiger partial charge in [0.2, 0.25) is 0 Å². The third-order valence-electron chi connectivity index (χ3n) is 4.29. The first-order valence-electron chi connectivity index (χ1n) is 8.52. The van der Waals surface area contributed by atoms with Crippen molar-refractivity contribution >= 4 is 35.0 Å². The molecule has 1 saturated heterocycles. The number of amides is 2. The Hall–Kier alpha value is -2.25. The van der Waals surface area contributed by atoms with Crippen LogP contribution in [0.25, 0.3) is 0 Å². The topological polar surface area (TPSA) is 84.7 Å². The summed E-state index contributed by atoms with van der Waals surface area (Å²) in [4.78, 5) is 26.1. The third-order valence-corrected chi connectivity index (χ3v) is 4.82. The molecule has 0 aliphatic carbocycles. The molecule has 1 fully saturated rings. The molecule has 9 heteroatoms. The highest BCUT2D eigenvalue weighted by Crippen LogP contribution is 2.27. The van der Waals surface area contributed by atoms with Crippen molar-refractivity contribution in [3.05, 3.63) is 45.8 Å². The van der Waals surface area contributed by atoms with Gasteiger partial charge in [0.25, 0.3) is 11.8 Å². The number of hydrogen-bond donors (Lipinski definition) is 1. The molecule has 27 heavy (non-hydrogen) atoms. The van der Waals surface area contributed by atoms with E-state index in [4.69, 9.17) is 32.5 Å². The van der Waals surface area contributed by atoms with Crippen LogP contribution in [0.15, 0.2) is 28.8 Å². The van der Waals surface area contributed by atoms with Crippen molar-refractivity contribution in [2.75, 3.05) is 19.7 Å². The maximum Gasteiger partial charge on any atom is 0.273 e. The molecule has 0 radical (unpaired) electrons. The van der Waals surface area contributed by atoms with Gasteiger partial charge in [-0.1, -0.05) is 28.4 Å². The number of likely N-dealkylation sites (tertiary alicyclic amines) is 1. The van der Waals surface area contributed by atoms with Crippen molar-refractivity contribution in [2.24, 2.45) is 0 Å². The maximum atomic E-state index is 12.3. The quantitative estimate of drug-likeness (QED) is 0.816. The normalized spacial score (nSPS) is 14.9. The number of aromatic nitrogens is 1. The van der Waals surface area contributed by atoms with Crippen LogP contribution in [0.5, 0.6) is 5.75 Å². The fourth-order valence-electron chi connectivity index (χ4n) is 2.83. The predicted octanol–water partition coefficient (Wildman–Crippen LogP) is 3.09. The highest BCUT2D eigenvalue weighted by molar-refractivity contribution is 6.35. The molecule has 7 nitrogen and oxygen atoms in total. The maximum absolute atomic E-state index is 12.3. The number of piperidine rings is 1. The molecule has 1 aliphatic rings. The molecule has 1 N–H and O–H groups in total. The van der Waals surface area contributed by atoms with Crippen molar-refractivity contribution in [1.82, 2.24) is 15.4 Å². The van der Waals surface area contributed by atoms with Gasteiger partial charge in [-0.2, -0.15) is 0 Å². The van der Waals surface area contributed by atoms with Crippen LogP contribution < -0.4 is 10.1 Å². The summed E-state index contributed by atoms with van der Waals surface area (Å²) in [5, 5.41) is 7.49. The first-order chi connectivity index (χ1) is 12.9. The number of nitrogens with one attached hydrogen (secondary N) is 1. The monoisotopic (exact) mass is 411 g/mol. The summed E-state index contributed by atoms with van der Waals surface area (Å²) in [6, 6.07) is 6.43. The number of ether oxygens (including phenoxy) is 1. The first-order valence-corrected chi connectivity index (χ1v) is 9.28. The van der Waals surface area contributed by atoms with Crippen LogP contribution >= 0.6 is 23.2 Å². The van der Waals surface area contributed by atoms with Crippen LogP contribution in [0.2, 0.25) is 10.0 Å². The molecule has 1 aromatic carbocycles. The number of carbonyl (C=O) groups is 2. The average molecular weight is 412 g/mol. The summed E-state index contributed by atoms with van der Waals surface area (Å²) >= 11 is 11.9. The lowest BCUT2D eigenvalue weighted by molar-refractivity contribution is -0.134. The van der Waals surface area contributed by atoms with Gasteiger partial charge in [-0.15, -0.1) is 0 Å². The second-order valence-electron chi connectivity index (χ2n) is 6.31. The molecule has 1 aliphatic heterocycles. The van der Waals surface area contributed by atoms with E-state index < -0.39 is 0 Å². The first kappa shape index (κ1) is 19.5. The van der Waals surface area contributed by atoms with E-state index in [0.717, 1.165) is 0 Å². The summed E-state index contributed by atoms with van der Waals surface area (Å²) in [6.07, 6.45) is 1.33. The van der Waals surface area contributed by atoms with Gasteiger partial charge in [-0.25, -0.2) is 0 Å².